The van der Waals surface area contributed by atoms with E-state index in [2.05, 4.69) is 126 Å². The molecule has 0 N–H and O–H groups in total. The summed E-state index contributed by atoms with van der Waals surface area (Å²) in [5, 5.41) is 8.06. The average Bonchev–Trinajstić information content (AvgIpc) is 2.89. The van der Waals surface area contributed by atoms with Crippen LogP contribution in [-0.4, -0.2) is 44.7 Å². The molecule has 0 aliphatic carbocycles. The Bertz CT molecular complexity index is 1380. The van der Waals surface area contributed by atoms with Crippen LogP contribution in [0.1, 0.15) is 83.1 Å². The number of hydrogen-bond donors (Lipinski definition) is 0. The van der Waals surface area contributed by atoms with Gasteiger partial charge in [0.1, 0.15) is 8.07 Å². The highest BCUT2D eigenvalue weighted by atomic mass is 31.1. The first kappa shape index (κ1) is 33.5. The monoisotopic (exact) mass is 650 g/mol. The molecule has 3 aromatic rings. The molecule has 0 spiro atoms. The molecule has 0 saturated heterocycles. The Kier molecular flexibility index (Phi) is 9.46. The van der Waals surface area contributed by atoms with Crippen molar-refractivity contribution < 1.29 is 28.4 Å². The Morgan fingerprint density at radius 1 is 0.378 bits per heavy atom. The van der Waals surface area contributed by atoms with Crippen molar-refractivity contribution in [3.63, 3.8) is 0 Å². The predicted octanol–water partition coefficient (Wildman–Crippen LogP) is 5.89. The topological polar surface area (TPSA) is 55.4 Å². The van der Waals surface area contributed by atoms with Crippen LogP contribution in [-0.2, 0) is 0 Å². The Hall–Kier alpha value is -2.89. The second-order valence-electron chi connectivity index (χ2n) is 13.9. The van der Waals surface area contributed by atoms with E-state index < -0.39 is 16.0 Å². The minimum absolute atomic E-state index is 0.0154. The number of hydrogen-bond acceptors (Lipinski definition) is 6. The third kappa shape index (κ3) is 6.40. The van der Waals surface area contributed by atoms with Crippen molar-refractivity contribution in [2.24, 2.45) is 0 Å². The molecule has 3 heterocycles. The highest BCUT2D eigenvalue weighted by molar-refractivity contribution is 7.83. The Morgan fingerprint density at radius 3 is 0.778 bits per heavy atom. The molecule has 0 saturated carbocycles. The summed E-state index contributed by atoms with van der Waals surface area (Å²) >= 11 is 0. The van der Waals surface area contributed by atoms with Gasteiger partial charge in [0.25, 0.3) is 0 Å². The van der Waals surface area contributed by atoms with Crippen molar-refractivity contribution in [3.05, 3.63) is 36.4 Å². The fraction of sp³-hybridized carbons (Fsp3) is 0.514. The first-order valence-corrected chi connectivity index (χ1v) is 20.3. The second kappa shape index (κ2) is 12.7. The zero-order chi connectivity index (χ0) is 33.0. The van der Waals surface area contributed by atoms with Crippen LogP contribution >= 0.6 is 7.92 Å². The summed E-state index contributed by atoms with van der Waals surface area (Å²) in [7, 11) is -3.61. The van der Waals surface area contributed by atoms with Crippen LogP contribution in [0.4, 0.5) is 0 Å². The van der Waals surface area contributed by atoms with Crippen LogP contribution in [0.3, 0.4) is 0 Å². The van der Waals surface area contributed by atoms with Crippen LogP contribution in [0.25, 0.3) is 0 Å². The number of ether oxygens (including phenoxy) is 6. The van der Waals surface area contributed by atoms with E-state index in [1.165, 1.54) is 31.5 Å². The maximum Gasteiger partial charge on any atom is 0.162 e. The van der Waals surface area contributed by atoms with Gasteiger partial charge in [0, 0.05) is 0 Å². The SMILES string of the molecule is CC(C)Oc1cc2c(cc1OC(C)C)[Si]1(C)c3cc(OC(C)C)c(OC(C)C)cc3P2c2cc(OC(C)C)c(OC(C)C)cc21. The molecule has 45 heavy (non-hydrogen) atoms. The molecule has 0 unspecified atom stereocenters. The van der Waals surface area contributed by atoms with E-state index in [4.69, 9.17) is 28.4 Å². The van der Waals surface area contributed by atoms with Crippen molar-refractivity contribution in [3.8, 4) is 34.5 Å². The molecule has 3 aromatic carbocycles. The standard InChI is InChI=1S/C37H51O6PSi/c1-20(2)38-26-14-32-35(17-29(26)41-23(7)8)45(13)36-18-30(42-24(9)10)27(39-21(3)4)15-33(36)44(32)34-16-28(40-22(5)6)31(19-37(34)45)43-25(11)12/h14-25H,1-13H3. The van der Waals surface area contributed by atoms with Gasteiger partial charge in [-0.25, -0.2) is 0 Å². The lowest BCUT2D eigenvalue weighted by atomic mass is 10.2. The van der Waals surface area contributed by atoms with Crippen molar-refractivity contribution in [2.45, 2.75) is 126 Å². The van der Waals surface area contributed by atoms with Gasteiger partial charge in [0.05, 0.1) is 36.6 Å². The molecule has 6 nitrogen and oxygen atoms in total. The number of rotatable bonds is 12. The first-order chi connectivity index (χ1) is 21.1. The lowest BCUT2D eigenvalue weighted by Gasteiger charge is -2.48. The average molecular weight is 651 g/mol. The summed E-state index contributed by atoms with van der Waals surface area (Å²) in [6.45, 7) is 27.2. The molecule has 244 valence electrons. The molecule has 0 fully saturated rings. The van der Waals surface area contributed by atoms with Crippen molar-refractivity contribution in [1.29, 1.82) is 0 Å². The third-order valence-electron chi connectivity index (χ3n) is 7.70. The molecular formula is C37H51O6PSi. The fourth-order valence-electron chi connectivity index (χ4n) is 6.30. The van der Waals surface area contributed by atoms with Gasteiger partial charge in [0.2, 0.25) is 0 Å². The molecule has 0 amide bonds. The van der Waals surface area contributed by atoms with E-state index in [-0.39, 0.29) is 36.6 Å². The molecule has 6 rings (SSSR count). The zero-order valence-corrected chi connectivity index (χ0v) is 31.2. The molecule has 8 heteroatoms. The van der Waals surface area contributed by atoms with Crippen LogP contribution in [0.5, 0.6) is 34.5 Å². The van der Waals surface area contributed by atoms with Gasteiger partial charge in [-0.05, 0) is 159 Å². The zero-order valence-electron chi connectivity index (χ0n) is 29.3. The van der Waals surface area contributed by atoms with Gasteiger partial charge in [0.15, 0.2) is 34.5 Å². The molecule has 0 atom stereocenters. The van der Waals surface area contributed by atoms with Crippen LogP contribution in [0, 0.1) is 0 Å². The minimum Gasteiger partial charge on any atom is -0.487 e. The van der Waals surface area contributed by atoms with E-state index in [1.807, 2.05) is 0 Å². The van der Waals surface area contributed by atoms with E-state index in [0.29, 0.717) is 0 Å². The van der Waals surface area contributed by atoms with E-state index >= 15 is 0 Å². The first-order valence-electron chi connectivity index (χ1n) is 16.5. The summed E-state index contributed by atoms with van der Waals surface area (Å²) in [6, 6.07) is 13.6. The van der Waals surface area contributed by atoms with E-state index in [1.54, 1.807) is 0 Å². The van der Waals surface area contributed by atoms with Gasteiger partial charge in [-0.2, -0.15) is 0 Å². The van der Waals surface area contributed by atoms with Crippen LogP contribution in [0.15, 0.2) is 36.4 Å². The maximum atomic E-state index is 6.43. The quantitative estimate of drug-likeness (QED) is 0.180. The van der Waals surface area contributed by atoms with Crippen molar-refractivity contribution >= 4 is 47.5 Å². The maximum absolute atomic E-state index is 6.43. The molecule has 0 aromatic heterocycles. The normalized spacial score (nSPS) is 18.1. The van der Waals surface area contributed by atoms with E-state index in [9.17, 15) is 0 Å². The Labute approximate surface area is 272 Å². The highest BCUT2D eigenvalue weighted by Crippen LogP contribution is 2.46. The van der Waals surface area contributed by atoms with Crippen molar-refractivity contribution in [1.82, 2.24) is 0 Å². The largest absolute Gasteiger partial charge is 0.487 e. The van der Waals surface area contributed by atoms with Crippen molar-refractivity contribution in [2.75, 3.05) is 0 Å². The molecule has 3 aliphatic heterocycles. The number of benzene rings is 3. The fourth-order valence-corrected chi connectivity index (χ4v) is 15.6. The predicted molar refractivity (Wildman–Crippen MR) is 190 cm³/mol. The Morgan fingerprint density at radius 2 is 0.578 bits per heavy atom. The molecule has 2 bridgehead atoms. The van der Waals surface area contributed by atoms with Gasteiger partial charge >= 0.3 is 0 Å². The Balaban J connectivity index is 1.86. The van der Waals surface area contributed by atoms with Crippen LogP contribution < -0.4 is 59.9 Å². The van der Waals surface area contributed by atoms with E-state index in [0.717, 1.165) is 34.5 Å². The minimum atomic E-state index is -2.63. The lowest BCUT2D eigenvalue weighted by Crippen LogP contribution is -2.80. The lowest BCUT2D eigenvalue weighted by molar-refractivity contribution is 0.199. The summed E-state index contributed by atoms with van der Waals surface area (Å²) in [6.07, 6.45) is 0.0938. The van der Waals surface area contributed by atoms with Gasteiger partial charge in [-0.3, -0.25) is 0 Å². The molecule has 3 aliphatic rings. The van der Waals surface area contributed by atoms with Crippen LogP contribution in [0.2, 0.25) is 6.55 Å². The summed E-state index contributed by atoms with van der Waals surface area (Å²) in [4.78, 5) is 0. The van der Waals surface area contributed by atoms with Gasteiger partial charge < -0.3 is 28.4 Å². The van der Waals surface area contributed by atoms with Gasteiger partial charge in [-0.1, -0.05) is 6.55 Å². The van der Waals surface area contributed by atoms with Gasteiger partial charge in [-0.15, -0.1) is 0 Å². The highest BCUT2D eigenvalue weighted by Gasteiger charge is 2.53. The molecular weight excluding hydrogens is 599 g/mol. The molecule has 0 radical (unpaired) electrons. The summed E-state index contributed by atoms with van der Waals surface area (Å²) in [5.41, 5.74) is 0. The third-order valence-corrected chi connectivity index (χ3v) is 15.4. The summed E-state index contributed by atoms with van der Waals surface area (Å²) in [5.74, 6) is 4.79. The smallest absolute Gasteiger partial charge is 0.162 e. The summed E-state index contributed by atoms with van der Waals surface area (Å²) < 4.78 is 38.6. The second-order valence-corrected chi connectivity index (χ2v) is 19.9.